The number of aromatic nitrogens is 2. The number of carbonyl (C=O) groups excluding carboxylic acids is 1. The van der Waals surface area contributed by atoms with E-state index >= 15 is 0 Å². The summed E-state index contributed by atoms with van der Waals surface area (Å²) in [6.07, 6.45) is 3.48. The fourth-order valence-corrected chi connectivity index (χ4v) is 2.19. The van der Waals surface area contributed by atoms with Gasteiger partial charge in [0.1, 0.15) is 6.04 Å². The minimum absolute atomic E-state index is 0.332. The molecule has 2 rings (SSSR count). The molecule has 0 spiro atoms. The standard InChI is InChI=1S/C13H21N5O2/c1-2-20-12(19)11(14)10-17-6-8-18(9-7-17)13-15-4-3-5-16-13/h3-5,11H,2,6-10,14H2,1H3. The quantitative estimate of drug-likeness (QED) is 0.727. The van der Waals surface area contributed by atoms with Gasteiger partial charge < -0.3 is 15.4 Å². The maximum absolute atomic E-state index is 11.5. The van der Waals surface area contributed by atoms with Crippen LogP contribution in [0.25, 0.3) is 0 Å². The molecule has 0 aliphatic carbocycles. The van der Waals surface area contributed by atoms with Gasteiger partial charge in [0.2, 0.25) is 5.95 Å². The zero-order chi connectivity index (χ0) is 14.4. The van der Waals surface area contributed by atoms with Gasteiger partial charge in [-0.05, 0) is 13.0 Å². The zero-order valence-corrected chi connectivity index (χ0v) is 11.7. The summed E-state index contributed by atoms with van der Waals surface area (Å²) < 4.78 is 4.91. The van der Waals surface area contributed by atoms with Gasteiger partial charge in [0.15, 0.2) is 0 Å². The van der Waals surface area contributed by atoms with Crippen LogP contribution in [0.1, 0.15) is 6.92 Å². The Morgan fingerprint density at radius 1 is 1.35 bits per heavy atom. The molecule has 7 nitrogen and oxygen atoms in total. The molecule has 7 heteroatoms. The number of hydrogen-bond acceptors (Lipinski definition) is 7. The van der Waals surface area contributed by atoms with Crippen molar-refractivity contribution in [3.05, 3.63) is 18.5 Å². The molecule has 1 fully saturated rings. The van der Waals surface area contributed by atoms with Gasteiger partial charge >= 0.3 is 5.97 Å². The number of ether oxygens (including phenoxy) is 1. The summed E-state index contributed by atoms with van der Waals surface area (Å²) in [6.45, 7) is 6.02. The van der Waals surface area contributed by atoms with Crippen LogP contribution in [0.2, 0.25) is 0 Å². The number of piperazine rings is 1. The van der Waals surface area contributed by atoms with Crippen LogP contribution in [0.5, 0.6) is 0 Å². The normalized spacial score (nSPS) is 17.8. The highest BCUT2D eigenvalue weighted by Gasteiger charge is 2.23. The first-order valence-corrected chi connectivity index (χ1v) is 6.87. The molecule has 1 atom stereocenters. The number of rotatable bonds is 5. The van der Waals surface area contributed by atoms with Crippen molar-refractivity contribution in [2.75, 3.05) is 44.2 Å². The molecular formula is C13H21N5O2. The molecular weight excluding hydrogens is 258 g/mol. The number of hydrogen-bond donors (Lipinski definition) is 1. The predicted molar refractivity (Wildman–Crippen MR) is 75.3 cm³/mol. The van der Waals surface area contributed by atoms with Crippen molar-refractivity contribution in [2.24, 2.45) is 5.73 Å². The molecule has 1 saturated heterocycles. The Morgan fingerprint density at radius 3 is 2.60 bits per heavy atom. The monoisotopic (exact) mass is 279 g/mol. The molecule has 20 heavy (non-hydrogen) atoms. The van der Waals surface area contributed by atoms with Gasteiger partial charge in [0.05, 0.1) is 6.61 Å². The van der Waals surface area contributed by atoms with Crippen molar-refractivity contribution in [2.45, 2.75) is 13.0 Å². The second-order valence-corrected chi connectivity index (χ2v) is 4.69. The third kappa shape index (κ3) is 3.88. The molecule has 2 heterocycles. The van der Waals surface area contributed by atoms with Crippen LogP contribution in [0, 0.1) is 0 Å². The molecule has 0 amide bonds. The number of nitrogens with two attached hydrogens (primary N) is 1. The lowest BCUT2D eigenvalue weighted by Crippen LogP contribution is -2.52. The second kappa shape index (κ2) is 7.16. The van der Waals surface area contributed by atoms with Crippen LogP contribution in [0.3, 0.4) is 0 Å². The molecule has 1 aromatic rings. The third-order valence-corrected chi connectivity index (χ3v) is 3.25. The van der Waals surface area contributed by atoms with E-state index in [0.29, 0.717) is 13.2 Å². The van der Waals surface area contributed by atoms with Gasteiger partial charge in [-0.15, -0.1) is 0 Å². The van der Waals surface area contributed by atoms with Crippen LogP contribution in [-0.4, -0.2) is 66.2 Å². The molecule has 1 unspecified atom stereocenters. The number of nitrogens with zero attached hydrogens (tertiary/aromatic N) is 4. The van der Waals surface area contributed by atoms with E-state index in [1.54, 1.807) is 25.4 Å². The van der Waals surface area contributed by atoms with Crippen LogP contribution >= 0.6 is 0 Å². The Kier molecular flexibility index (Phi) is 5.25. The predicted octanol–water partition coefficient (Wildman–Crippen LogP) is -0.511. The Bertz CT molecular complexity index is 420. The average molecular weight is 279 g/mol. The van der Waals surface area contributed by atoms with Crippen molar-refractivity contribution in [1.82, 2.24) is 14.9 Å². The van der Waals surface area contributed by atoms with E-state index in [4.69, 9.17) is 10.5 Å². The van der Waals surface area contributed by atoms with E-state index in [0.717, 1.165) is 32.1 Å². The minimum atomic E-state index is -0.575. The van der Waals surface area contributed by atoms with Gasteiger partial charge in [-0.2, -0.15) is 0 Å². The maximum atomic E-state index is 11.5. The molecule has 1 aliphatic heterocycles. The average Bonchev–Trinajstić information content (AvgIpc) is 2.49. The second-order valence-electron chi connectivity index (χ2n) is 4.69. The van der Waals surface area contributed by atoms with Crippen molar-refractivity contribution in [3.8, 4) is 0 Å². The molecule has 1 aromatic heterocycles. The highest BCUT2D eigenvalue weighted by atomic mass is 16.5. The largest absolute Gasteiger partial charge is 0.465 e. The van der Waals surface area contributed by atoms with Gasteiger partial charge in [-0.25, -0.2) is 9.97 Å². The lowest BCUT2D eigenvalue weighted by Gasteiger charge is -2.35. The van der Waals surface area contributed by atoms with Gasteiger partial charge in [0.25, 0.3) is 0 Å². The van der Waals surface area contributed by atoms with Crippen molar-refractivity contribution < 1.29 is 9.53 Å². The Balaban J connectivity index is 1.78. The first kappa shape index (κ1) is 14.7. The van der Waals surface area contributed by atoms with E-state index in [1.165, 1.54) is 0 Å². The Labute approximate surface area is 118 Å². The lowest BCUT2D eigenvalue weighted by atomic mass is 10.2. The molecule has 2 N–H and O–H groups in total. The Morgan fingerprint density at radius 2 is 2.00 bits per heavy atom. The van der Waals surface area contributed by atoms with Crippen molar-refractivity contribution in [1.29, 1.82) is 0 Å². The van der Waals surface area contributed by atoms with E-state index in [1.807, 2.05) is 0 Å². The Hall–Kier alpha value is -1.73. The molecule has 0 saturated carbocycles. The van der Waals surface area contributed by atoms with Crippen molar-refractivity contribution >= 4 is 11.9 Å². The summed E-state index contributed by atoms with van der Waals surface area (Å²) in [7, 11) is 0. The van der Waals surface area contributed by atoms with Gasteiger partial charge in [0, 0.05) is 45.1 Å². The van der Waals surface area contributed by atoms with E-state index in [9.17, 15) is 4.79 Å². The van der Waals surface area contributed by atoms with E-state index in [-0.39, 0.29) is 5.97 Å². The summed E-state index contributed by atoms with van der Waals surface area (Å²) in [4.78, 5) is 24.3. The molecule has 0 radical (unpaired) electrons. The zero-order valence-electron chi connectivity index (χ0n) is 11.7. The van der Waals surface area contributed by atoms with Crippen LogP contribution in [0.15, 0.2) is 18.5 Å². The molecule has 1 aliphatic rings. The maximum Gasteiger partial charge on any atom is 0.324 e. The number of carbonyl (C=O) groups is 1. The minimum Gasteiger partial charge on any atom is -0.465 e. The van der Waals surface area contributed by atoms with Crippen LogP contribution < -0.4 is 10.6 Å². The summed E-state index contributed by atoms with van der Waals surface area (Å²) >= 11 is 0. The molecule has 110 valence electrons. The molecule has 0 bridgehead atoms. The highest BCUT2D eigenvalue weighted by Crippen LogP contribution is 2.09. The van der Waals surface area contributed by atoms with E-state index < -0.39 is 6.04 Å². The topological polar surface area (TPSA) is 84.6 Å². The fourth-order valence-electron chi connectivity index (χ4n) is 2.19. The van der Waals surface area contributed by atoms with Crippen LogP contribution in [-0.2, 0) is 9.53 Å². The van der Waals surface area contributed by atoms with Crippen molar-refractivity contribution in [3.63, 3.8) is 0 Å². The molecule has 0 aromatic carbocycles. The first-order chi connectivity index (χ1) is 9.70. The fraction of sp³-hybridized carbons (Fsp3) is 0.615. The summed E-state index contributed by atoms with van der Waals surface area (Å²) in [5.74, 6) is 0.420. The third-order valence-electron chi connectivity index (χ3n) is 3.25. The number of esters is 1. The lowest BCUT2D eigenvalue weighted by molar-refractivity contribution is -0.145. The summed E-state index contributed by atoms with van der Waals surface area (Å²) in [5.41, 5.74) is 5.83. The van der Waals surface area contributed by atoms with Crippen LogP contribution in [0.4, 0.5) is 5.95 Å². The van der Waals surface area contributed by atoms with Gasteiger partial charge in [-0.3, -0.25) is 9.69 Å². The van der Waals surface area contributed by atoms with Gasteiger partial charge in [-0.1, -0.05) is 0 Å². The van der Waals surface area contributed by atoms with E-state index in [2.05, 4.69) is 19.8 Å². The SMILES string of the molecule is CCOC(=O)C(N)CN1CCN(c2ncccn2)CC1. The first-order valence-electron chi connectivity index (χ1n) is 6.87. The summed E-state index contributed by atoms with van der Waals surface area (Å²) in [6, 6.07) is 1.23. The number of anilines is 1. The smallest absolute Gasteiger partial charge is 0.324 e. The highest BCUT2D eigenvalue weighted by molar-refractivity contribution is 5.75. The summed E-state index contributed by atoms with van der Waals surface area (Å²) in [5, 5.41) is 0.